The van der Waals surface area contributed by atoms with E-state index in [2.05, 4.69) is 30.5 Å². The van der Waals surface area contributed by atoms with Gasteiger partial charge in [0.25, 0.3) is 5.91 Å². The van der Waals surface area contributed by atoms with Crippen molar-refractivity contribution in [1.29, 1.82) is 0 Å². The zero-order valence-corrected chi connectivity index (χ0v) is 22.7. The SMILES string of the molecule is O=C(O)N[C@@H]1CCCN(C(=O)c2cc3c4c(c2)nc(-c2cc5cccc(Cl)c5n2Cc2cncnc2)n4CCO3)C1. The molecule has 0 spiro atoms. The van der Waals surface area contributed by atoms with Crippen LogP contribution < -0.4 is 10.1 Å². The number of nitrogens with zero attached hydrogens (tertiary/aromatic N) is 6. The van der Waals surface area contributed by atoms with Gasteiger partial charge >= 0.3 is 6.09 Å². The van der Waals surface area contributed by atoms with Gasteiger partial charge in [-0.05, 0) is 37.1 Å². The minimum atomic E-state index is -1.08. The number of imidazole rings is 1. The third kappa shape index (κ3) is 4.51. The molecule has 5 heterocycles. The third-order valence-corrected chi connectivity index (χ3v) is 8.02. The van der Waals surface area contributed by atoms with Crippen LogP contribution in [0.25, 0.3) is 33.5 Å². The van der Waals surface area contributed by atoms with E-state index in [1.54, 1.807) is 29.4 Å². The molecule has 12 heteroatoms. The predicted octanol–water partition coefficient (Wildman–Crippen LogP) is 4.41. The molecule has 2 amide bonds. The number of para-hydroxylation sites is 1. The molecule has 1 saturated heterocycles. The van der Waals surface area contributed by atoms with Crippen LogP contribution in [0.5, 0.6) is 5.75 Å². The highest BCUT2D eigenvalue weighted by Crippen LogP contribution is 2.38. The molecule has 11 nitrogen and oxygen atoms in total. The number of fused-ring (bicyclic) bond motifs is 1. The Labute approximate surface area is 239 Å². The number of aromatic nitrogens is 5. The molecule has 3 aromatic heterocycles. The van der Waals surface area contributed by atoms with Gasteiger partial charge in [0.05, 0.1) is 34.8 Å². The Hall–Kier alpha value is -4.64. The molecule has 0 bridgehead atoms. The van der Waals surface area contributed by atoms with Gasteiger partial charge < -0.3 is 29.2 Å². The van der Waals surface area contributed by atoms with Gasteiger partial charge in [0.2, 0.25) is 0 Å². The smallest absolute Gasteiger partial charge is 0.404 e. The van der Waals surface area contributed by atoms with E-state index < -0.39 is 6.09 Å². The highest BCUT2D eigenvalue weighted by molar-refractivity contribution is 6.35. The fourth-order valence-corrected chi connectivity index (χ4v) is 6.27. The van der Waals surface area contributed by atoms with Crippen LogP contribution in [0.15, 0.2) is 55.1 Å². The van der Waals surface area contributed by atoms with Crippen molar-refractivity contribution in [3.05, 3.63) is 71.3 Å². The van der Waals surface area contributed by atoms with Crippen LogP contribution in [0.4, 0.5) is 4.79 Å². The van der Waals surface area contributed by atoms with Crippen LogP contribution in [0.3, 0.4) is 0 Å². The van der Waals surface area contributed by atoms with Crippen LogP contribution in [0.1, 0.15) is 28.8 Å². The second-order valence-electron chi connectivity index (χ2n) is 10.4. The number of likely N-dealkylation sites (tertiary alicyclic amines) is 1. The fraction of sp³-hybridized carbons (Fsp3) is 0.276. The summed E-state index contributed by atoms with van der Waals surface area (Å²) in [5.41, 5.74) is 4.65. The fourth-order valence-electron chi connectivity index (χ4n) is 5.98. The van der Waals surface area contributed by atoms with Crippen LogP contribution in [0, 0.1) is 0 Å². The van der Waals surface area contributed by atoms with Gasteiger partial charge in [-0.3, -0.25) is 4.79 Å². The van der Waals surface area contributed by atoms with Crippen molar-refractivity contribution in [2.24, 2.45) is 0 Å². The molecule has 2 N–H and O–H groups in total. The molecular formula is C29H26ClN7O4. The first-order valence-corrected chi connectivity index (χ1v) is 13.8. The summed E-state index contributed by atoms with van der Waals surface area (Å²) in [5.74, 6) is 1.18. The van der Waals surface area contributed by atoms with E-state index in [4.69, 9.17) is 26.4 Å². The van der Waals surface area contributed by atoms with Crippen LogP contribution in [0.2, 0.25) is 5.02 Å². The van der Waals surface area contributed by atoms with Gasteiger partial charge in [-0.2, -0.15) is 0 Å². The van der Waals surface area contributed by atoms with E-state index in [0.717, 1.165) is 39.9 Å². The first kappa shape index (κ1) is 25.3. The van der Waals surface area contributed by atoms with E-state index in [1.807, 2.05) is 18.2 Å². The Bertz CT molecular complexity index is 1820. The second-order valence-corrected chi connectivity index (χ2v) is 10.8. The molecule has 0 unspecified atom stereocenters. The maximum atomic E-state index is 13.6. The van der Waals surface area contributed by atoms with Crippen LogP contribution in [-0.2, 0) is 13.1 Å². The summed E-state index contributed by atoms with van der Waals surface area (Å²) < 4.78 is 10.3. The lowest BCUT2D eigenvalue weighted by Gasteiger charge is -2.32. The Balaban J connectivity index is 1.33. The Morgan fingerprint density at radius 1 is 1.12 bits per heavy atom. The number of benzene rings is 2. The van der Waals surface area contributed by atoms with Gasteiger partial charge in [-0.25, -0.2) is 19.7 Å². The molecule has 2 aliphatic rings. The van der Waals surface area contributed by atoms with E-state index in [-0.39, 0.29) is 11.9 Å². The minimum Gasteiger partial charge on any atom is -0.489 e. The lowest BCUT2D eigenvalue weighted by molar-refractivity contribution is 0.0692. The number of ether oxygens (including phenoxy) is 1. The van der Waals surface area contributed by atoms with Gasteiger partial charge in [-0.1, -0.05) is 23.7 Å². The van der Waals surface area contributed by atoms with Crippen molar-refractivity contribution in [2.75, 3.05) is 19.7 Å². The van der Waals surface area contributed by atoms with Crippen LogP contribution in [-0.4, -0.2) is 71.8 Å². The lowest BCUT2D eigenvalue weighted by Crippen LogP contribution is -2.49. The summed E-state index contributed by atoms with van der Waals surface area (Å²) in [6.45, 7) is 2.42. The largest absolute Gasteiger partial charge is 0.489 e. The maximum absolute atomic E-state index is 13.6. The first-order valence-electron chi connectivity index (χ1n) is 13.4. The quantitative estimate of drug-likeness (QED) is 0.320. The normalized spacial score (nSPS) is 16.6. The molecule has 0 saturated carbocycles. The summed E-state index contributed by atoms with van der Waals surface area (Å²) in [5, 5.41) is 13.3. The van der Waals surface area contributed by atoms with E-state index in [9.17, 15) is 9.59 Å². The number of hydrogen-bond acceptors (Lipinski definition) is 6. The number of nitrogens with one attached hydrogen (secondary N) is 1. The molecule has 5 aromatic rings. The number of carboxylic acid groups (broad SMARTS) is 1. The Morgan fingerprint density at radius 2 is 1.98 bits per heavy atom. The molecule has 0 aliphatic carbocycles. The number of carbonyl (C=O) groups excluding carboxylic acids is 1. The molecule has 0 radical (unpaired) electrons. The molecule has 2 aromatic carbocycles. The molecule has 41 heavy (non-hydrogen) atoms. The highest BCUT2D eigenvalue weighted by atomic mass is 35.5. The lowest BCUT2D eigenvalue weighted by atomic mass is 10.0. The van der Waals surface area contributed by atoms with Crippen molar-refractivity contribution < 1.29 is 19.4 Å². The number of rotatable bonds is 5. The molecular weight excluding hydrogens is 546 g/mol. The predicted molar refractivity (Wildman–Crippen MR) is 152 cm³/mol. The Morgan fingerprint density at radius 3 is 2.80 bits per heavy atom. The van der Waals surface area contributed by atoms with Gasteiger partial charge in [0, 0.05) is 48.0 Å². The molecule has 1 fully saturated rings. The van der Waals surface area contributed by atoms with Crippen molar-refractivity contribution >= 4 is 45.5 Å². The molecule has 1 atom stereocenters. The first-order chi connectivity index (χ1) is 20.0. The van der Waals surface area contributed by atoms with E-state index in [1.165, 1.54) is 6.33 Å². The maximum Gasteiger partial charge on any atom is 0.404 e. The van der Waals surface area contributed by atoms with Crippen LogP contribution >= 0.6 is 11.6 Å². The zero-order chi connectivity index (χ0) is 28.1. The number of carbonyl (C=O) groups is 2. The third-order valence-electron chi connectivity index (χ3n) is 7.72. The second kappa shape index (κ2) is 10.1. The highest BCUT2D eigenvalue weighted by Gasteiger charge is 2.29. The average molecular weight is 572 g/mol. The standard InChI is InChI=1S/C29H26ClN7O4/c30-21-5-1-3-18-10-23(37(25(18)21)14-17-12-31-16-32-13-17)27-34-22-9-19(11-24-26(22)36(27)7-8-41-24)28(38)35-6-2-4-20(15-35)33-29(39)40/h1,3,5,9-13,16,20,33H,2,4,6-8,14-15H2,(H,39,40)/t20-/m1/s1. The summed E-state index contributed by atoms with van der Waals surface area (Å²) >= 11 is 6.71. The topological polar surface area (TPSA) is 127 Å². The zero-order valence-electron chi connectivity index (χ0n) is 22.0. The average Bonchev–Trinajstić information content (AvgIpc) is 3.53. The summed E-state index contributed by atoms with van der Waals surface area (Å²) in [6, 6.07) is 11.2. The Kier molecular flexibility index (Phi) is 6.23. The number of hydrogen-bond donors (Lipinski definition) is 2. The number of piperidine rings is 1. The van der Waals surface area contributed by atoms with Gasteiger partial charge in [-0.15, -0.1) is 0 Å². The molecule has 7 rings (SSSR count). The van der Waals surface area contributed by atoms with Gasteiger partial charge in [0.1, 0.15) is 24.2 Å². The van der Waals surface area contributed by atoms with Crippen molar-refractivity contribution in [3.63, 3.8) is 0 Å². The summed E-state index contributed by atoms with van der Waals surface area (Å²) in [7, 11) is 0. The molecule has 2 aliphatic heterocycles. The van der Waals surface area contributed by atoms with Crippen molar-refractivity contribution in [3.8, 4) is 17.3 Å². The number of amides is 2. The minimum absolute atomic E-state index is 0.171. The van der Waals surface area contributed by atoms with Gasteiger partial charge in [0.15, 0.2) is 5.82 Å². The summed E-state index contributed by atoms with van der Waals surface area (Å²) in [4.78, 5) is 39.8. The van der Waals surface area contributed by atoms with E-state index >= 15 is 0 Å². The molecule has 208 valence electrons. The van der Waals surface area contributed by atoms with Crippen molar-refractivity contribution in [1.82, 2.24) is 34.3 Å². The van der Waals surface area contributed by atoms with E-state index in [0.29, 0.717) is 61.1 Å². The van der Waals surface area contributed by atoms with Crippen molar-refractivity contribution in [2.45, 2.75) is 32.0 Å². The number of halogens is 1. The monoisotopic (exact) mass is 571 g/mol. The summed E-state index contributed by atoms with van der Waals surface area (Å²) in [6.07, 6.45) is 5.41.